The molecule has 1 aromatic carbocycles. The summed E-state index contributed by atoms with van der Waals surface area (Å²) in [7, 11) is 3.07. The number of imidazole rings is 1. The molecule has 0 fully saturated rings. The number of methoxy groups -OCH3 is 1. The van der Waals surface area contributed by atoms with E-state index >= 15 is 0 Å². The second-order valence-corrected chi connectivity index (χ2v) is 6.42. The van der Waals surface area contributed by atoms with Gasteiger partial charge < -0.3 is 18.8 Å². The highest BCUT2D eigenvalue weighted by Crippen LogP contribution is 2.17. The second-order valence-electron chi connectivity index (χ2n) is 6.42. The van der Waals surface area contributed by atoms with Crippen molar-refractivity contribution < 1.29 is 19.1 Å². The number of carbonyl (C=O) groups is 2. The first kappa shape index (κ1) is 19.4. The molecular weight excluding hydrogens is 358 g/mol. The highest BCUT2D eigenvalue weighted by molar-refractivity contribution is 5.94. The van der Waals surface area contributed by atoms with E-state index in [0.717, 1.165) is 11.3 Å². The summed E-state index contributed by atoms with van der Waals surface area (Å²) in [6.07, 6.45) is 4.69. The Morgan fingerprint density at radius 1 is 1.18 bits per heavy atom. The fraction of sp³-hybridized carbons (Fsp3) is 0.286. The van der Waals surface area contributed by atoms with Crippen LogP contribution in [0.15, 0.2) is 54.9 Å². The average molecular weight is 381 g/mol. The zero-order valence-corrected chi connectivity index (χ0v) is 16.0. The third-order valence-electron chi connectivity index (χ3n) is 4.33. The van der Waals surface area contributed by atoms with Crippen molar-refractivity contribution in [2.24, 2.45) is 0 Å². The van der Waals surface area contributed by atoms with Gasteiger partial charge in [-0.1, -0.05) is 12.1 Å². The van der Waals surface area contributed by atoms with Gasteiger partial charge in [0.05, 0.1) is 12.8 Å². The predicted octanol–water partition coefficient (Wildman–Crippen LogP) is 2.94. The van der Waals surface area contributed by atoms with E-state index in [9.17, 15) is 9.59 Å². The van der Waals surface area contributed by atoms with Crippen LogP contribution in [0.5, 0.6) is 5.75 Å². The molecule has 0 atom stereocenters. The van der Waals surface area contributed by atoms with Gasteiger partial charge in [0.25, 0.3) is 5.91 Å². The average Bonchev–Trinajstić information content (AvgIpc) is 3.14. The molecular formula is C21H23N3O4. The summed E-state index contributed by atoms with van der Waals surface area (Å²) in [6, 6.07) is 12.9. The smallest absolute Gasteiger partial charge is 0.305 e. The van der Waals surface area contributed by atoms with Crippen LogP contribution in [-0.2, 0) is 16.1 Å². The highest BCUT2D eigenvalue weighted by Gasteiger charge is 2.13. The zero-order valence-electron chi connectivity index (χ0n) is 16.0. The van der Waals surface area contributed by atoms with Crippen molar-refractivity contribution in [3.05, 3.63) is 66.1 Å². The minimum atomic E-state index is -0.275. The molecule has 7 heteroatoms. The summed E-state index contributed by atoms with van der Waals surface area (Å²) in [5.41, 5.74) is 2.20. The number of ether oxygens (including phenoxy) is 2. The Hall–Kier alpha value is -3.35. The van der Waals surface area contributed by atoms with Crippen molar-refractivity contribution in [2.75, 3.05) is 20.7 Å². The maximum absolute atomic E-state index is 12.6. The first-order valence-corrected chi connectivity index (χ1v) is 9.04. The molecule has 0 bridgehead atoms. The molecule has 3 aromatic rings. The van der Waals surface area contributed by atoms with Gasteiger partial charge in [0.2, 0.25) is 0 Å². The van der Waals surface area contributed by atoms with Crippen molar-refractivity contribution in [2.45, 2.75) is 19.4 Å². The SMILES string of the molecule is COC(=O)CCCN(C)C(=O)c1cccc(OCc2cn3ccccc3n2)c1. The number of pyridine rings is 1. The largest absolute Gasteiger partial charge is 0.487 e. The number of rotatable bonds is 8. The molecule has 2 heterocycles. The summed E-state index contributed by atoms with van der Waals surface area (Å²) in [4.78, 5) is 29.8. The molecule has 7 nitrogen and oxygen atoms in total. The van der Waals surface area contributed by atoms with E-state index in [1.165, 1.54) is 7.11 Å². The molecule has 3 rings (SSSR count). The van der Waals surface area contributed by atoms with Crippen LogP contribution in [0, 0.1) is 0 Å². The van der Waals surface area contributed by atoms with Gasteiger partial charge in [0, 0.05) is 38.0 Å². The Kier molecular flexibility index (Phi) is 6.26. The Labute approximate surface area is 163 Å². The van der Waals surface area contributed by atoms with Crippen LogP contribution in [-0.4, -0.2) is 46.9 Å². The standard InChI is InChI=1S/C21H23N3O4/c1-23(11-6-10-20(25)27-2)21(26)16-7-5-8-18(13-16)28-15-17-14-24-12-4-3-9-19(24)22-17/h3-5,7-9,12-14H,6,10-11,15H2,1-2H3. The van der Waals surface area contributed by atoms with Crippen molar-refractivity contribution in [3.8, 4) is 5.75 Å². The molecule has 0 aliphatic heterocycles. The number of amides is 1. The third-order valence-corrected chi connectivity index (χ3v) is 4.33. The van der Waals surface area contributed by atoms with Gasteiger partial charge in [0.1, 0.15) is 18.0 Å². The minimum Gasteiger partial charge on any atom is -0.487 e. The van der Waals surface area contributed by atoms with Gasteiger partial charge in [-0.15, -0.1) is 0 Å². The number of benzene rings is 1. The maximum atomic E-state index is 12.6. The number of fused-ring (bicyclic) bond motifs is 1. The lowest BCUT2D eigenvalue weighted by Crippen LogP contribution is -2.28. The molecule has 146 valence electrons. The molecule has 0 unspecified atom stereocenters. The number of esters is 1. The van der Waals surface area contributed by atoms with E-state index in [0.29, 0.717) is 30.9 Å². The number of nitrogens with zero attached hydrogens (tertiary/aromatic N) is 3. The quantitative estimate of drug-likeness (QED) is 0.561. The molecule has 28 heavy (non-hydrogen) atoms. The first-order valence-electron chi connectivity index (χ1n) is 9.04. The summed E-state index contributed by atoms with van der Waals surface area (Å²) in [5.74, 6) is 0.206. The highest BCUT2D eigenvalue weighted by atomic mass is 16.5. The van der Waals surface area contributed by atoms with Crippen molar-refractivity contribution in [1.82, 2.24) is 14.3 Å². The normalized spacial score (nSPS) is 10.6. The van der Waals surface area contributed by atoms with E-state index in [4.69, 9.17) is 4.74 Å². The van der Waals surface area contributed by atoms with Crippen LogP contribution in [0.4, 0.5) is 0 Å². The summed E-state index contributed by atoms with van der Waals surface area (Å²) >= 11 is 0. The lowest BCUT2D eigenvalue weighted by atomic mass is 10.2. The van der Waals surface area contributed by atoms with Crippen LogP contribution in [0.3, 0.4) is 0 Å². The monoisotopic (exact) mass is 381 g/mol. The van der Waals surface area contributed by atoms with Crippen LogP contribution < -0.4 is 4.74 Å². The van der Waals surface area contributed by atoms with E-state index in [1.54, 1.807) is 30.1 Å². The lowest BCUT2D eigenvalue weighted by Gasteiger charge is -2.17. The Balaban J connectivity index is 1.58. The molecule has 0 spiro atoms. The van der Waals surface area contributed by atoms with Gasteiger partial charge in [-0.2, -0.15) is 0 Å². The predicted molar refractivity (Wildman–Crippen MR) is 104 cm³/mol. The molecule has 2 aromatic heterocycles. The summed E-state index contributed by atoms with van der Waals surface area (Å²) < 4.78 is 12.4. The van der Waals surface area contributed by atoms with Gasteiger partial charge in [0.15, 0.2) is 0 Å². The van der Waals surface area contributed by atoms with Crippen LogP contribution in [0.1, 0.15) is 28.9 Å². The van der Waals surface area contributed by atoms with Gasteiger partial charge in [-0.25, -0.2) is 4.98 Å². The van der Waals surface area contributed by atoms with Crippen molar-refractivity contribution >= 4 is 17.5 Å². The Morgan fingerprint density at radius 3 is 2.82 bits per heavy atom. The fourth-order valence-electron chi connectivity index (χ4n) is 2.82. The first-order chi connectivity index (χ1) is 13.6. The molecule has 0 radical (unpaired) electrons. The summed E-state index contributed by atoms with van der Waals surface area (Å²) in [5, 5.41) is 0. The van der Waals surface area contributed by atoms with Crippen LogP contribution in [0.25, 0.3) is 5.65 Å². The van der Waals surface area contributed by atoms with Gasteiger partial charge in [-0.05, 0) is 36.8 Å². The second kappa shape index (κ2) is 9.03. The summed E-state index contributed by atoms with van der Waals surface area (Å²) in [6.45, 7) is 0.786. The van der Waals surface area contributed by atoms with Gasteiger partial charge in [-0.3, -0.25) is 9.59 Å². The number of hydrogen-bond donors (Lipinski definition) is 0. The van der Waals surface area contributed by atoms with E-state index in [1.807, 2.05) is 41.1 Å². The molecule has 0 aliphatic rings. The van der Waals surface area contributed by atoms with Crippen molar-refractivity contribution in [1.29, 1.82) is 0 Å². The third kappa shape index (κ3) is 4.88. The van der Waals surface area contributed by atoms with Gasteiger partial charge >= 0.3 is 5.97 Å². The molecule has 1 amide bonds. The number of hydrogen-bond acceptors (Lipinski definition) is 5. The number of carbonyl (C=O) groups excluding carboxylic acids is 2. The Morgan fingerprint density at radius 2 is 2.04 bits per heavy atom. The molecule has 0 aliphatic carbocycles. The van der Waals surface area contributed by atoms with E-state index in [-0.39, 0.29) is 18.3 Å². The number of aromatic nitrogens is 2. The lowest BCUT2D eigenvalue weighted by molar-refractivity contribution is -0.140. The topological polar surface area (TPSA) is 73.1 Å². The van der Waals surface area contributed by atoms with Crippen LogP contribution in [0.2, 0.25) is 0 Å². The Bertz CT molecular complexity index is 934. The van der Waals surface area contributed by atoms with E-state index < -0.39 is 0 Å². The maximum Gasteiger partial charge on any atom is 0.305 e. The van der Waals surface area contributed by atoms with Crippen LogP contribution >= 0.6 is 0 Å². The fourth-order valence-corrected chi connectivity index (χ4v) is 2.82. The van der Waals surface area contributed by atoms with E-state index in [2.05, 4.69) is 9.72 Å². The zero-order chi connectivity index (χ0) is 19.9. The molecule has 0 saturated heterocycles. The molecule has 0 saturated carbocycles. The van der Waals surface area contributed by atoms with Crippen molar-refractivity contribution in [3.63, 3.8) is 0 Å². The minimum absolute atomic E-state index is 0.122. The molecule has 0 N–H and O–H groups in total.